The standard InChI is InChI=1S/C10H19N3S/c1-5-6-11-8(4)10-9(7(2)3)12-13-14-10/h7-8,11H,5-6H2,1-4H3. The molecule has 0 spiro atoms. The van der Waals surface area contributed by atoms with Gasteiger partial charge in [-0.25, -0.2) is 0 Å². The summed E-state index contributed by atoms with van der Waals surface area (Å²) in [6.07, 6.45) is 1.16. The van der Waals surface area contributed by atoms with E-state index in [9.17, 15) is 0 Å². The van der Waals surface area contributed by atoms with Crippen molar-refractivity contribution in [3.8, 4) is 0 Å². The summed E-state index contributed by atoms with van der Waals surface area (Å²) in [7, 11) is 0. The van der Waals surface area contributed by atoms with Crippen LogP contribution in [0.1, 0.15) is 56.6 Å². The molecule has 0 bridgehead atoms. The van der Waals surface area contributed by atoms with Crippen molar-refractivity contribution in [2.24, 2.45) is 0 Å². The molecule has 4 heteroatoms. The molecule has 1 N–H and O–H groups in total. The summed E-state index contributed by atoms with van der Waals surface area (Å²) in [5.74, 6) is 0.467. The SMILES string of the molecule is CCCNC(C)c1snnc1C(C)C. The van der Waals surface area contributed by atoms with E-state index in [1.165, 1.54) is 16.4 Å². The second-order valence-corrected chi connectivity index (χ2v) is 4.64. The molecule has 1 atom stereocenters. The molecule has 0 aromatic carbocycles. The van der Waals surface area contributed by atoms with Gasteiger partial charge in [0.25, 0.3) is 0 Å². The van der Waals surface area contributed by atoms with Crippen molar-refractivity contribution in [1.29, 1.82) is 0 Å². The fourth-order valence-electron chi connectivity index (χ4n) is 1.36. The molecule has 80 valence electrons. The zero-order chi connectivity index (χ0) is 10.6. The quantitative estimate of drug-likeness (QED) is 0.817. The van der Waals surface area contributed by atoms with Gasteiger partial charge in [0, 0.05) is 6.04 Å². The van der Waals surface area contributed by atoms with Crippen LogP contribution in [-0.2, 0) is 0 Å². The molecular formula is C10H19N3S. The lowest BCUT2D eigenvalue weighted by Gasteiger charge is -2.13. The Morgan fingerprint density at radius 3 is 2.64 bits per heavy atom. The highest BCUT2D eigenvalue weighted by atomic mass is 32.1. The predicted molar refractivity (Wildman–Crippen MR) is 60.7 cm³/mol. The van der Waals surface area contributed by atoms with Gasteiger partial charge in [-0.2, -0.15) is 0 Å². The highest BCUT2D eigenvalue weighted by Gasteiger charge is 2.16. The molecule has 0 aliphatic heterocycles. The summed E-state index contributed by atoms with van der Waals surface area (Å²) >= 11 is 1.51. The molecule has 1 aromatic heterocycles. The van der Waals surface area contributed by atoms with Gasteiger partial charge in [-0.15, -0.1) is 5.10 Å². The Bertz CT molecular complexity index is 270. The molecule has 0 aliphatic carbocycles. The molecule has 1 heterocycles. The Kier molecular flexibility index (Phi) is 4.48. The van der Waals surface area contributed by atoms with Gasteiger partial charge in [-0.05, 0) is 37.3 Å². The summed E-state index contributed by atoms with van der Waals surface area (Å²) in [5.41, 5.74) is 1.14. The topological polar surface area (TPSA) is 37.8 Å². The third-order valence-electron chi connectivity index (χ3n) is 2.18. The molecule has 0 saturated carbocycles. The van der Waals surface area contributed by atoms with Crippen LogP contribution in [0.2, 0.25) is 0 Å². The minimum absolute atomic E-state index is 0.382. The third-order valence-corrected chi connectivity index (χ3v) is 3.10. The van der Waals surface area contributed by atoms with Crippen LogP contribution >= 0.6 is 11.5 Å². The lowest BCUT2D eigenvalue weighted by molar-refractivity contribution is 0.569. The van der Waals surface area contributed by atoms with Gasteiger partial charge in [0.05, 0.1) is 10.6 Å². The first kappa shape index (κ1) is 11.6. The Balaban J connectivity index is 2.68. The highest BCUT2D eigenvalue weighted by molar-refractivity contribution is 7.05. The van der Waals surface area contributed by atoms with E-state index in [1.54, 1.807) is 0 Å². The average molecular weight is 213 g/mol. The van der Waals surface area contributed by atoms with E-state index in [0.29, 0.717) is 12.0 Å². The molecule has 1 aromatic rings. The first-order valence-corrected chi connectivity index (χ1v) is 5.99. The number of nitrogens with zero attached hydrogens (tertiary/aromatic N) is 2. The minimum atomic E-state index is 0.382. The third kappa shape index (κ3) is 2.75. The molecule has 0 amide bonds. The highest BCUT2D eigenvalue weighted by Crippen LogP contribution is 2.25. The van der Waals surface area contributed by atoms with E-state index in [2.05, 4.69) is 42.6 Å². The fraction of sp³-hybridized carbons (Fsp3) is 0.800. The first-order chi connectivity index (χ1) is 6.66. The molecule has 1 rings (SSSR count). The van der Waals surface area contributed by atoms with Crippen LogP contribution in [0.25, 0.3) is 0 Å². The average Bonchev–Trinajstić information content (AvgIpc) is 2.62. The minimum Gasteiger partial charge on any atom is -0.309 e. The van der Waals surface area contributed by atoms with Crippen LogP contribution in [-0.4, -0.2) is 16.1 Å². The van der Waals surface area contributed by atoms with Gasteiger partial charge in [0.2, 0.25) is 0 Å². The zero-order valence-corrected chi connectivity index (χ0v) is 10.2. The van der Waals surface area contributed by atoms with Crippen LogP contribution in [0.5, 0.6) is 0 Å². The largest absolute Gasteiger partial charge is 0.309 e. The van der Waals surface area contributed by atoms with E-state index in [1.807, 2.05) is 0 Å². The lowest BCUT2D eigenvalue weighted by atomic mass is 10.1. The summed E-state index contributed by atoms with van der Waals surface area (Å²) in [6, 6.07) is 0.382. The molecule has 0 fully saturated rings. The molecule has 1 unspecified atom stereocenters. The van der Waals surface area contributed by atoms with Crippen molar-refractivity contribution in [1.82, 2.24) is 14.9 Å². The maximum atomic E-state index is 4.17. The lowest BCUT2D eigenvalue weighted by Crippen LogP contribution is -2.19. The van der Waals surface area contributed by atoms with E-state index < -0.39 is 0 Å². The Morgan fingerprint density at radius 1 is 1.36 bits per heavy atom. The molecule has 14 heavy (non-hydrogen) atoms. The van der Waals surface area contributed by atoms with Gasteiger partial charge in [-0.1, -0.05) is 25.3 Å². The number of aromatic nitrogens is 2. The van der Waals surface area contributed by atoms with Crippen molar-refractivity contribution in [3.63, 3.8) is 0 Å². The molecule has 0 aliphatic rings. The summed E-state index contributed by atoms with van der Waals surface area (Å²) in [5, 5.41) is 7.63. The number of hydrogen-bond donors (Lipinski definition) is 1. The number of hydrogen-bond acceptors (Lipinski definition) is 4. The monoisotopic (exact) mass is 213 g/mol. The normalized spacial score (nSPS) is 13.5. The second-order valence-electron chi connectivity index (χ2n) is 3.85. The van der Waals surface area contributed by atoms with Crippen LogP contribution in [0, 0.1) is 0 Å². The van der Waals surface area contributed by atoms with Crippen LogP contribution in [0.3, 0.4) is 0 Å². The number of nitrogens with one attached hydrogen (secondary N) is 1. The smallest absolute Gasteiger partial charge is 0.0828 e. The van der Waals surface area contributed by atoms with Gasteiger partial charge >= 0.3 is 0 Å². The van der Waals surface area contributed by atoms with E-state index in [0.717, 1.165) is 18.7 Å². The Hall–Kier alpha value is -0.480. The maximum absolute atomic E-state index is 4.17. The Labute approximate surface area is 90.1 Å². The summed E-state index contributed by atoms with van der Waals surface area (Å²) < 4.78 is 4.02. The van der Waals surface area contributed by atoms with Gasteiger partial charge in [0.1, 0.15) is 0 Å². The predicted octanol–water partition coefficient (Wildman–Crippen LogP) is 2.72. The van der Waals surface area contributed by atoms with Crippen molar-refractivity contribution in [2.45, 2.75) is 46.1 Å². The number of rotatable bonds is 5. The molecule has 0 radical (unpaired) electrons. The molecular weight excluding hydrogens is 194 g/mol. The van der Waals surface area contributed by atoms with Crippen molar-refractivity contribution in [2.75, 3.05) is 6.54 Å². The first-order valence-electron chi connectivity index (χ1n) is 5.22. The molecule has 0 saturated heterocycles. The van der Waals surface area contributed by atoms with Gasteiger partial charge in [-0.3, -0.25) is 0 Å². The van der Waals surface area contributed by atoms with E-state index >= 15 is 0 Å². The molecule has 3 nitrogen and oxygen atoms in total. The van der Waals surface area contributed by atoms with Crippen molar-refractivity contribution >= 4 is 11.5 Å². The summed E-state index contributed by atoms with van der Waals surface area (Å²) in [4.78, 5) is 1.29. The van der Waals surface area contributed by atoms with E-state index in [-0.39, 0.29) is 0 Å². The Morgan fingerprint density at radius 2 is 2.07 bits per heavy atom. The van der Waals surface area contributed by atoms with Gasteiger partial charge < -0.3 is 5.32 Å². The van der Waals surface area contributed by atoms with Gasteiger partial charge in [0.15, 0.2) is 0 Å². The maximum Gasteiger partial charge on any atom is 0.0828 e. The zero-order valence-electron chi connectivity index (χ0n) is 9.37. The summed E-state index contributed by atoms with van der Waals surface area (Å²) in [6.45, 7) is 9.72. The second kappa shape index (κ2) is 5.41. The van der Waals surface area contributed by atoms with Crippen LogP contribution in [0.4, 0.5) is 0 Å². The van der Waals surface area contributed by atoms with Crippen molar-refractivity contribution < 1.29 is 0 Å². The fourth-order valence-corrected chi connectivity index (χ4v) is 2.19. The van der Waals surface area contributed by atoms with Crippen molar-refractivity contribution in [3.05, 3.63) is 10.6 Å². The van der Waals surface area contributed by atoms with E-state index in [4.69, 9.17) is 0 Å². The van der Waals surface area contributed by atoms with Crippen LogP contribution in [0.15, 0.2) is 0 Å². The van der Waals surface area contributed by atoms with Crippen LogP contribution < -0.4 is 5.32 Å².